The van der Waals surface area contributed by atoms with Crippen LogP contribution in [0, 0.1) is 6.92 Å². The number of hydrogen-bond acceptors (Lipinski definition) is 6. The van der Waals surface area contributed by atoms with Gasteiger partial charge < -0.3 is 5.11 Å². The fourth-order valence-corrected chi connectivity index (χ4v) is 3.74. The number of thiazole rings is 2. The van der Waals surface area contributed by atoms with E-state index in [1.807, 2.05) is 42.6 Å². The van der Waals surface area contributed by atoms with Gasteiger partial charge in [0, 0.05) is 11.5 Å². The molecular weight excluding hydrogens is 342 g/mol. The Bertz CT molecular complexity index is 869. The minimum atomic E-state index is -0.225. The van der Waals surface area contributed by atoms with Gasteiger partial charge in [-0.1, -0.05) is 30.3 Å². The van der Waals surface area contributed by atoms with Crippen molar-refractivity contribution in [2.45, 2.75) is 13.5 Å². The van der Waals surface area contributed by atoms with Crippen molar-refractivity contribution in [2.24, 2.45) is 0 Å². The number of carbonyl (C=O) groups excluding carboxylic acids is 1. The van der Waals surface area contributed by atoms with Crippen LogP contribution in [-0.2, 0) is 11.4 Å². The number of aromatic nitrogens is 2. The number of nitrogens with zero attached hydrogens (tertiary/aromatic N) is 2. The van der Waals surface area contributed by atoms with E-state index in [2.05, 4.69) is 15.3 Å². The molecule has 5 nitrogen and oxygen atoms in total. The van der Waals surface area contributed by atoms with Crippen LogP contribution in [0.3, 0.4) is 0 Å². The van der Waals surface area contributed by atoms with Gasteiger partial charge in [0.2, 0.25) is 5.91 Å². The van der Waals surface area contributed by atoms with Crippen LogP contribution in [0.25, 0.3) is 16.6 Å². The summed E-state index contributed by atoms with van der Waals surface area (Å²) in [5.41, 5.74) is 2.55. The molecule has 2 N–H and O–H groups in total. The van der Waals surface area contributed by atoms with Gasteiger partial charge >= 0.3 is 0 Å². The van der Waals surface area contributed by atoms with Crippen molar-refractivity contribution in [1.82, 2.24) is 9.97 Å². The number of aliphatic hydroxyl groups is 1. The summed E-state index contributed by atoms with van der Waals surface area (Å²) < 4.78 is 0. The molecule has 2 aromatic heterocycles. The molecule has 0 saturated carbocycles. The molecule has 0 radical (unpaired) electrons. The highest BCUT2D eigenvalue weighted by Gasteiger charge is 2.13. The van der Waals surface area contributed by atoms with Gasteiger partial charge in [0.05, 0.1) is 22.9 Å². The maximum Gasteiger partial charge on any atom is 0.250 e. The number of benzene rings is 1. The molecule has 3 rings (SSSR count). The SMILES string of the molecule is Cc1nc(CO)sc1-c1csc(NC(=O)/C=C/c2ccccc2)n1. The van der Waals surface area contributed by atoms with Gasteiger partial charge in [-0.2, -0.15) is 0 Å². The number of hydrogen-bond donors (Lipinski definition) is 2. The van der Waals surface area contributed by atoms with Crippen molar-refractivity contribution in [3.8, 4) is 10.6 Å². The van der Waals surface area contributed by atoms with E-state index in [-0.39, 0.29) is 12.5 Å². The molecule has 3 aromatic rings. The van der Waals surface area contributed by atoms with Crippen molar-refractivity contribution in [1.29, 1.82) is 0 Å². The van der Waals surface area contributed by atoms with Gasteiger partial charge in [0.15, 0.2) is 5.13 Å². The van der Waals surface area contributed by atoms with Crippen molar-refractivity contribution in [2.75, 3.05) is 5.32 Å². The zero-order valence-electron chi connectivity index (χ0n) is 12.9. The molecule has 0 bridgehead atoms. The Labute approximate surface area is 147 Å². The Balaban J connectivity index is 1.68. The lowest BCUT2D eigenvalue weighted by Gasteiger charge is -1.96. The normalized spacial score (nSPS) is 11.1. The van der Waals surface area contributed by atoms with Crippen LogP contribution in [0.15, 0.2) is 41.8 Å². The van der Waals surface area contributed by atoms with Crippen molar-refractivity contribution >= 4 is 39.8 Å². The number of nitrogens with one attached hydrogen (secondary N) is 1. The molecule has 0 atom stereocenters. The monoisotopic (exact) mass is 357 g/mol. The van der Waals surface area contributed by atoms with Crippen LogP contribution >= 0.6 is 22.7 Å². The van der Waals surface area contributed by atoms with Gasteiger partial charge in [-0.05, 0) is 18.6 Å². The largest absolute Gasteiger partial charge is 0.389 e. The van der Waals surface area contributed by atoms with Crippen LogP contribution in [0.5, 0.6) is 0 Å². The van der Waals surface area contributed by atoms with Crippen molar-refractivity contribution < 1.29 is 9.90 Å². The lowest BCUT2D eigenvalue weighted by Crippen LogP contribution is -2.07. The molecule has 1 amide bonds. The molecule has 0 unspecified atom stereocenters. The second kappa shape index (κ2) is 7.48. The molecule has 0 aliphatic carbocycles. The number of rotatable bonds is 5. The van der Waals surface area contributed by atoms with Crippen molar-refractivity contribution in [3.63, 3.8) is 0 Å². The zero-order valence-corrected chi connectivity index (χ0v) is 14.5. The lowest BCUT2D eigenvalue weighted by molar-refractivity contribution is -0.111. The predicted molar refractivity (Wildman–Crippen MR) is 98.0 cm³/mol. The van der Waals surface area contributed by atoms with Crippen LogP contribution < -0.4 is 5.32 Å². The van der Waals surface area contributed by atoms with E-state index in [1.54, 1.807) is 6.08 Å². The summed E-state index contributed by atoms with van der Waals surface area (Å²) in [5.74, 6) is -0.225. The third kappa shape index (κ3) is 3.94. The smallest absolute Gasteiger partial charge is 0.250 e. The minimum Gasteiger partial charge on any atom is -0.389 e. The highest BCUT2D eigenvalue weighted by atomic mass is 32.1. The van der Waals surface area contributed by atoms with E-state index in [1.165, 1.54) is 28.7 Å². The molecule has 24 heavy (non-hydrogen) atoms. The van der Waals surface area contributed by atoms with E-state index in [9.17, 15) is 4.79 Å². The Morgan fingerprint density at radius 2 is 2.08 bits per heavy atom. The Morgan fingerprint density at radius 1 is 1.29 bits per heavy atom. The first-order valence-electron chi connectivity index (χ1n) is 7.23. The first-order valence-corrected chi connectivity index (χ1v) is 8.92. The molecule has 2 heterocycles. The third-order valence-corrected chi connectivity index (χ3v) is 5.09. The van der Waals surface area contributed by atoms with Crippen LogP contribution in [-0.4, -0.2) is 21.0 Å². The maximum absolute atomic E-state index is 12.0. The molecule has 122 valence electrons. The molecule has 7 heteroatoms. The molecule has 0 aliphatic rings. The number of amides is 1. The Hall–Kier alpha value is -2.35. The summed E-state index contributed by atoms with van der Waals surface area (Å²) in [7, 11) is 0. The van der Waals surface area contributed by atoms with E-state index >= 15 is 0 Å². The first-order chi connectivity index (χ1) is 11.7. The number of aryl methyl sites for hydroxylation is 1. The van der Waals surface area contributed by atoms with Crippen LogP contribution in [0.4, 0.5) is 5.13 Å². The lowest BCUT2D eigenvalue weighted by atomic mass is 10.2. The van der Waals surface area contributed by atoms with Gasteiger partial charge in [0.1, 0.15) is 5.01 Å². The molecular formula is C17H15N3O2S2. The number of aliphatic hydroxyl groups excluding tert-OH is 1. The second-order valence-corrected chi connectivity index (χ2v) is 6.89. The summed E-state index contributed by atoms with van der Waals surface area (Å²) >= 11 is 2.77. The fraction of sp³-hybridized carbons (Fsp3) is 0.118. The van der Waals surface area contributed by atoms with E-state index in [0.29, 0.717) is 10.1 Å². The Morgan fingerprint density at radius 3 is 2.79 bits per heavy atom. The van der Waals surface area contributed by atoms with E-state index in [0.717, 1.165) is 21.8 Å². The second-order valence-electron chi connectivity index (χ2n) is 4.95. The number of carbonyl (C=O) groups is 1. The zero-order chi connectivity index (χ0) is 16.9. The first kappa shape index (κ1) is 16.5. The summed E-state index contributed by atoms with van der Waals surface area (Å²) in [6.07, 6.45) is 3.24. The molecule has 0 saturated heterocycles. The number of anilines is 1. The van der Waals surface area contributed by atoms with E-state index < -0.39 is 0 Å². The minimum absolute atomic E-state index is 0.0798. The van der Waals surface area contributed by atoms with Gasteiger partial charge in [-0.15, -0.1) is 22.7 Å². The maximum atomic E-state index is 12.0. The molecule has 1 aromatic carbocycles. The van der Waals surface area contributed by atoms with E-state index in [4.69, 9.17) is 5.11 Å². The van der Waals surface area contributed by atoms with Crippen LogP contribution in [0.1, 0.15) is 16.3 Å². The predicted octanol–water partition coefficient (Wildman–Crippen LogP) is 3.72. The molecule has 0 aliphatic heterocycles. The standard InChI is InChI=1S/C17H15N3O2S2/c1-11-16(24-15(9-21)18-11)13-10-23-17(19-13)20-14(22)8-7-12-5-3-2-4-6-12/h2-8,10,21H,9H2,1H3,(H,19,20,22)/b8-7+. The summed E-state index contributed by atoms with van der Waals surface area (Å²) in [6, 6.07) is 9.62. The summed E-state index contributed by atoms with van der Waals surface area (Å²) in [4.78, 5) is 21.6. The average molecular weight is 357 g/mol. The molecule has 0 spiro atoms. The van der Waals surface area contributed by atoms with Gasteiger partial charge in [0.25, 0.3) is 0 Å². The highest BCUT2D eigenvalue weighted by Crippen LogP contribution is 2.32. The van der Waals surface area contributed by atoms with Crippen molar-refractivity contribution in [3.05, 3.63) is 58.1 Å². The average Bonchev–Trinajstić information content (AvgIpc) is 3.20. The summed E-state index contributed by atoms with van der Waals surface area (Å²) in [6.45, 7) is 1.80. The highest BCUT2D eigenvalue weighted by molar-refractivity contribution is 7.17. The van der Waals surface area contributed by atoms with Gasteiger partial charge in [-0.25, -0.2) is 9.97 Å². The third-order valence-electron chi connectivity index (χ3n) is 3.17. The molecule has 0 fully saturated rings. The van der Waals surface area contributed by atoms with Gasteiger partial charge in [-0.3, -0.25) is 10.1 Å². The topological polar surface area (TPSA) is 75.1 Å². The quantitative estimate of drug-likeness (QED) is 0.683. The van der Waals surface area contributed by atoms with Crippen LogP contribution in [0.2, 0.25) is 0 Å². The Kier molecular flexibility index (Phi) is 5.14. The summed E-state index contributed by atoms with van der Waals surface area (Å²) in [5, 5.41) is 15.0. The fourth-order valence-electron chi connectivity index (χ4n) is 2.08.